The minimum atomic E-state index is -3.59. The van der Waals surface area contributed by atoms with Gasteiger partial charge in [-0.15, -0.1) is 10.2 Å². The van der Waals surface area contributed by atoms with Crippen LogP contribution in [0.4, 0.5) is 0 Å². The van der Waals surface area contributed by atoms with Gasteiger partial charge >= 0.3 is 0 Å². The summed E-state index contributed by atoms with van der Waals surface area (Å²) < 4.78 is 26.7. The third-order valence-corrected chi connectivity index (χ3v) is 4.55. The van der Waals surface area contributed by atoms with E-state index in [0.29, 0.717) is 18.8 Å². The molecule has 6 heteroatoms. The van der Waals surface area contributed by atoms with Gasteiger partial charge in [-0.2, -0.15) is 0 Å². The van der Waals surface area contributed by atoms with Crippen LogP contribution in [0.1, 0.15) is 39.9 Å². The maximum Gasteiger partial charge on any atom is 0.254 e. The molecule has 0 saturated carbocycles. The monoisotopic (exact) mass is 283 g/mol. The highest BCUT2D eigenvalue weighted by atomic mass is 32.2. The molecule has 0 aliphatic rings. The summed E-state index contributed by atoms with van der Waals surface area (Å²) in [6, 6.07) is 0. The van der Waals surface area contributed by atoms with Crippen LogP contribution in [0.5, 0.6) is 0 Å². The molecule has 0 bridgehead atoms. The van der Waals surface area contributed by atoms with Crippen molar-refractivity contribution in [1.82, 2.24) is 14.8 Å². The second kappa shape index (κ2) is 6.65. The molecule has 106 valence electrons. The van der Waals surface area contributed by atoms with Crippen LogP contribution < -0.4 is 0 Å². The fraction of sp³-hybridized carbons (Fsp3) is 0.538. The summed E-state index contributed by atoms with van der Waals surface area (Å²) in [5.41, 5.74) is 0. The second-order valence-corrected chi connectivity index (χ2v) is 5.85. The third kappa shape index (κ3) is 3.12. The average molecular weight is 283 g/mol. The van der Waals surface area contributed by atoms with Gasteiger partial charge in [0.1, 0.15) is 5.82 Å². The summed E-state index contributed by atoms with van der Waals surface area (Å²) in [5.74, 6) is 0.691. The summed E-state index contributed by atoms with van der Waals surface area (Å²) in [5, 5.41) is 7.84. The highest BCUT2D eigenvalue weighted by Crippen LogP contribution is 2.20. The number of hydrogen-bond donors (Lipinski definition) is 0. The fourth-order valence-corrected chi connectivity index (χ4v) is 3.25. The molecule has 0 N–H and O–H groups in total. The zero-order valence-electron chi connectivity index (χ0n) is 11.9. The molecule has 1 rings (SSSR count). The van der Waals surface area contributed by atoms with Crippen molar-refractivity contribution in [2.75, 3.05) is 0 Å². The first kappa shape index (κ1) is 15.6. The van der Waals surface area contributed by atoms with Gasteiger partial charge in [-0.25, -0.2) is 8.42 Å². The molecule has 1 heterocycles. The van der Waals surface area contributed by atoms with Gasteiger partial charge in [0.2, 0.25) is 9.84 Å². The Hall–Kier alpha value is -1.43. The summed E-state index contributed by atoms with van der Waals surface area (Å²) >= 11 is 0. The van der Waals surface area contributed by atoms with Gasteiger partial charge in [0.15, 0.2) is 0 Å². The molecule has 0 aromatic carbocycles. The number of nitrogens with zero attached hydrogens (tertiary/aromatic N) is 3. The van der Waals surface area contributed by atoms with Gasteiger partial charge < -0.3 is 4.57 Å². The fourth-order valence-electron chi connectivity index (χ4n) is 1.78. The number of allylic oxidation sites excluding steroid dienone is 3. The first-order chi connectivity index (χ1) is 9.02. The van der Waals surface area contributed by atoms with Crippen molar-refractivity contribution in [1.29, 1.82) is 0 Å². The Morgan fingerprint density at radius 3 is 2.42 bits per heavy atom. The first-order valence-electron chi connectivity index (χ1n) is 6.52. The maximum absolute atomic E-state index is 12.5. The lowest BCUT2D eigenvalue weighted by Gasteiger charge is -2.07. The zero-order chi connectivity index (χ0) is 14.5. The van der Waals surface area contributed by atoms with Crippen molar-refractivity contribution in [3.05, 3.63) is 29.0 Å². The summed E-state index contributed by atoms with van der Waals surface area (Å²) in [4.78, 5) is 0.263. The van der Waals surface area contributed by atoms with E-state index in [9.17, 15) is 8.42 Å². The lowest BCUT2D eigenvalue weighted by atomic mass is 10.4. The molecule has 1 aromatic heterocycles. The van der Waals surface area contributed by atoms with Crippen LogP contribution in [0.3, 0.4) is 0 Å². The van der Waals surface area contributed by atoms with E-state index >= 15 is 0 Å². The van der Waals surface area contributed by atoms with Gasteiger partial charge in [0.25, 0.3) is 5.16 Å². The van der Waals surface area contributed by atoms with E-state index in [1.807, 2.05) is 26.8 Å². The Bertz CT molecular complexity index is 583. The van der Waals surface area contributed by atoms with Crippen molar-refractivity contribution >= 4 is 9.84 Å². The minimum absolute atomic E-state index is 0.0284. The molecule has 1 aromatic rings. The standard InChI is InChI=1S/C13H21N3O2S/c1-5-9-10-11(6-2)19(17,18)13-15-14-12(7-3)16(13)8-4/h6,9-10H,5,7-8H2,1-4H3/b10-9-,11-6+. The molecule has 0 spiro atoms. The lowest BCUT2D eigenvalue weighted by Crippen LogP contribution is -2.13. The normalized spacial score (nSPS) is 13.4. The van der Waals surface area contributed by atoms with E-state index in [1.54, 1.807) is 23.6 Å². The summed E-state index contributed by atoms with van der Waals surface area (Å²) in [7, 11) is -3.59. The van der Waals surface area contributed by atoms with Crippen molar-refractivity contribution < 1.29 is 8.42 Å². The van der Waals surface area contributed by atoms with Crippen LogP contribution >= 0.6 is 0 Å². The SMILES string of the molecule is C/C=C(\C=C/CC)S(=O)(=O)c1nnc(CC)n1CC. The Morgan fingerprint density at radius 2 is 1.95 bits per heavy atom. The Labute approximate surface area is 115 Å². The van der Waals surface area contributed by atoms with Gasteiger partial charge in [-0.05, 0) is 26.3 Å². The van der Waals surface area contributed by atoms with E-state index in [4.69, 9.17) is 0 Å². The number of sulfone groups is 1. The van der Waals surface area contributed by atoms with Gasteiger partial charge in [0.05, 0.1) is 4.91 Å². The first-order valence-corrected chi connectivity index (χ1v) is 8.01. The Balaban J connectivity index is 3.35. The molecule has 0 saturated heterocycles. The molecule has 0 amide bonds. The smallest absolute Gasteiger partial charge is 0.254 e. The summed E-state index contributed by atoms with van der Waals surface area (Å²) in [6.45, 7) is 8.03. The molecule has 0 aliphatic carbocycles. The van der Waals surface area contributed by atoms with Crippen molar-refractivity contribution in [3.8, 4) is 0 Å². The van der Waals surface area contributed by atoms with Crippen molar-refractivity contribution in [3.63, 3.8) is 0 Å². The van der Waals surface area contributed by atoms with Crippen LogP contribution in [0.15, 0.2) is 28.3 Å². The van der Waals surface area contributed by atoms with E-state index in [-0.39, 0.29) is 10.1 Å². The highest BCUT2D eigenvalue weighted by molar-refractivity contribution is 7.95. The number of aromatic nitrogens is 3. The van der Waals surface area contributed by atoms with Crippen LogP contribution in [0.25, 0.3) is 0 Å². The van der Waals surface area contributed by atoms with E-state index in [0.717, 1.165) is 6.42 Å². The zero-order valence-corrected chi connectivity index (χ0v) is 12.7. The molecule has 0 fully saturated rings. The number of aryl methyl sites for hydroxylation is 1. The van der Waals surface area contributed by atoms with E-state index in [1.165, 1.54) is 0 Å². The lowest BCUT2D eigenvalue weighted by molar-refractivity contribution is 0.569. The Morgan fingerprint density at radius 1 is 1.26 bits per heavy atom. The predicted molar refractivity (Wildman–Crippen MR) is 75.4 cm³/mol. The molecule has 0 unspecified atom stereocenters. The molecule has 0 atom stereocenters. The van der Waals surface area contributed by atoms with E-state index in [2.05, 4.69) is 10.2 Å². The topological polar surface area (TPSA) is 64.8 Å². The van der Waals surface area contributed by atoms with Gasteiger partial charge in [-0.3, -0.25) is 0 Å². The molecule has 0 radical (unpaired) electrons. The maximum atomic E-state index is 12.5. The van der Waals surface area contributed by atoms with Crippen LogP contribution in [0.2, 0.25) is 0 Å². The molecular formula is C13H21N3O2S. The average Bonchev–Trinajstić information content (AvgIpc) is 2.82. The third-order valence-electron chi connectivity index (χ3n) is 2.78. The van der Waals surface area contributed by atoms with Gasteiger partial charge in [-0.1, -0.05) is 26.0 Å². The molecule has 19 heavy (non-hydrogen) atoms. The van der Waals surface area contributed by atoms with E-state index < -0.39 is 9.84 Å². The van der Waals surface area contributed by atoms with Crippen LogP contribution in [0, 0.1) is 0 Å². The van der Waals surface area contributed by atoms with Crippen LogP contribution in [-0.4, -0.2) is 23.2 Å². The number of rotatable bonds is 6. The van der Waals surface area contributed by atoms with Crippen molar-refractivity contribution in [2.45, 2.75) is 52.2 Å². The highest BCUT2D eigenvalue weighted by Gasteiger charge is 2.26. The molecular weight excluding hydrogens is 262 g/mol. The minimum Gasteiger partial charge on any atom is -0.302 e. The van der Waals surface area contributed by atoms with Crippen molar-refractivity contribution in [2.24, 2.45) is 0 Å². The van der Waals surface area contributed by atoms with Gasteiger partial charge in [0, 0.05) is 13.0 Å². The quantitative estimate of drug-likeness (QED) is 0.752. The Kier molecular flexibility index (Phi) is 5.47. The van der Waals surface area contributed by atoms with Crippen LogP contribution in [-0.2, 0) is 22.8 Å². The largest absolute Gasteiger partial charge is 0.302 e. The number of hydrogen-bond acceptors (Lipinski definition) is 4. The molecule has 5 nitrogen and oxygen atoms in total. The predicted octanol–water partition coefficient (Wildman–Crippen LogP) is 2.50. The second-order valence-electron chi connectivity index (χ2n) is 4.00. The molecule has 0 aliphatic heterocycles. The summed E-state index contributed by atoms with van der Waals surface area (Å²) in [6.07, 6.45) is 6.47.